The topological polar surface area (TPSA) is 38.5 Å². The first-order valence-electron chi connectivity index (χ1n) is 8.03. The van der Waals surface area contributed by atoms with Crippen LogP contribution in [0.5, 0.6) is 0 Å². The predicted molar refractivity (Wildman–Crippen MR) is 80.1 cm³/mol. The molecule has 0 aromatic heterocycles. The molecule has 3 nitrogen and oxygen atoms in total. The summed E-state index contributed by atoms with van der Waals surface area (Å²) in [5.41, 5.74) is 6.48. The molecule has 1 aliphatic carbocycles. The van der Waals surface area contributed by atoms with Gasteiger partial charge in [-0.25, -0.2) is 0 Å². The van der Waals surface area contributed by atoms with Gasteiger partial charge in [0.1, 0.15) is 0 Å². The Labute approximate surface area is 118 Å². The number of ether oxygens (including phenoxy) is 1. The van der Waals surface area contributed by atoms with E-state index in [1.54, 1.807) is 0 Å². The Kier molecular flexibility index (Phi) is 4.91. The molecule has 3 heteroatoms. The Morgan fingerprint density at radius 2 is 1.95 bits per heavy atom. The molecule has 19 heavy (non-hydrogen) atoms. The highest BCUT2D eigenvalue weighted by Crippen LogP contribution is 2.42. The lowest BCUT2D eigenvalue weighted by Gasteiger charge is -2.55. The van der Waals surface area contributed by atoms with Gasteiger partial charge in [-0.05, 0) is 37.1 Å². The third-order valence-corrected chi connectivity index (χ3v) is 6.15. The van der Waals surface area contributed by atoms with Gasteiger partial charge in [0, 0.05) is 25.7 Å². The highest BCUT2D eigenvalue weighted by Gasteiger charge is 2.46. The molecule has 5 atom stereocenters. The first kappa shape index (κ1) is 15.3. The SMILES string of the molecule is COC1CN(C2(CN)CCCC(C)C2C)CCC1C. The third-order valence-electron chi connectivity index (χ3n) is 6.15. The Morgan fingerprint density at radius 3 is 2.58 bits per heavy atom. The van der Waals surface area contributed by atoms with Crippen molar-refractivity contribution in [2.75, 3.05) is 26.7 Å². The maximum absolute atomic E-state index is 6.26. The van der Waals surface area contributed by atoms with Crippen molar-refractivity contribution in [1.29, 1.82) is 0 Å². The average Bonchev–Trinajstić information content (AvgIpc) is 2.43. The Bertz CT molecular complexity index is 296. The highest BCUT2D eigenvalue weighted by molar-refractivity contribution is 5.02. The van der Waals surface area contributed by atoms with Gasteiger partial charge < -0.3 is 10.5 Å². The lowest BCUT2D eigenvalue weighted by atomic mass is 9.66. The van der Waals surface area contributed by atoms with Gasteiger partial charge in [0.25, 0.3) is 0 Å². The van der Waals surface area contributed by atoms with Crippen LogP contribution in [-0.4, -0.2) is 43.3 Å². The van der Waals surface area contributed by atoms with E-state index in [4.69, 9.17) is 10.5 Å². The van der Waals surface area contributed by atoms with Gasteiger partial charge in [-0.3, -0.25) is 4.90 Å². The summed E-state index contributed by atoms with van der Waals surface area (Å²) < 4.78 is 5.69. The molecule has 0 bridgehead atoms. The molecule has 2 rings (SSSR count). The number of likely N-dealkylation sites (tertiary alicyclic amines) is 1. The number of piperidine rings is 1. The summed E-state index contributed by atoms with van der Waals surface area (Å²) in [7, 11) is 1.85. The molecule has 1 saturated carbocycles. The van der Waals surface area contributed by atoms with E-state index in [-0.39, 0.29) is 5.54 Å². The summed E-state index contributed by atoms with van der Waals surface area (Å²) in [6, 6.07) is 0. The summed E-state index contributed by atoms with van der Waals surface area (Å²) in [5, 5.41) is 0. The van der Waals surface area contributed by atoms with Crippen LogP contribution in [0.1, 0.15) is 46.5 Å². The van der Waals surface area contributed by atoms with Crippen molar-refractivity contribution in [2.45, 2.75) is 58.1 Å². The number of nitrogens with two attached hydrogens (primary N) is 1. The van der Waals surface area contributed by atoms with Gasteiger partial charge in [-0.2, -0.15) is 0 Å². The fraction of sp³-hybridized carbons (Fsp3) is 1.00. The van der Waals surface area contributed by atoms with Crippen LogP contribution in [0.3, 0.4) is 0 Å². The minimum absolute atomic E-state index is 0.217. The largest absolute Gasteiger partial charge is 0.380 e. The van der Waals surface area contributed by atoms with Crippen LogP contribution in [0.2, 0.25) is 0 Å². The number of rotatable bonds is 3. The van der Waals surface area contributed by atoms with Gasteiger partial charge in [0.05, 0.1) is 6.10 Å². The maximum atomic E-state index is 6.26. The number of nitrogens with zero attached hydrogens (tertiary/aromatic N) is 1. The van der Waals surface area contributed by atoms with E-state index in [0.29, 0.717) is 17.9 Å². The van der Waals surface area contributed by atoms with Crippen LogP contribution in [0, 0.1) is 17.8 Å². The van der Waals surface area contributed by atoms with E-state index in [9.17, 15) is 0 Å². The van der Waals surface area contributed by atoms with Crippen molar-refractivity contribution in [3.63, 3.8) is 0 Å². The van der Waals surface area contributed by atoms with E-state index in [1.165, 1.54) is 32.2 Å². The Morgan fingerprint density at radius 1 is 1.21 bits per heavy atom. The zero-order valence-corrected chi connectivity index (χ0v) is 13.2. The summed E-state index contributed by atoms with van der Waals surface area (Å²) in [5.74, 6) is 2.15. The van der Waals surface area contributed by atoms with E-state index in [2.05, 4.69) is 25.7 Å². The Balaban J connectivity index is 2.16. The van der Waals surface area contributed by atoms with Gasteiger partial charge >= 0.3 is 0 Å². The van der Waals surface area contributed by atoms with E-state index >= 15 is 0 Å². The van der Waals surface area contributed by atoms with Crippen LogP contribution >= 0.6 is 0 Å². The first-order chi connectivity index (χ1) is 9.05. The molecule has 0 spiro atoms. The summed E-state index contributed by atoms with van der Waals surface area (Å²) in [6.45, 7) is 10.2. The van der Waals surface area contributed by atoms with Gasteiger partial charge in [0.2, 0.25) is 0 Å². The van der Waals surface area contributed by atoms with Gasteiger partial charge in [-0.1, -0.05) is 33.6 Å². The fourth-order valence-corrected chi connectivity index (χ4v) is 4.35. The van der Waals surface area contributed by atoms with Crippen LogP contribution in [0.15, 0.2) is 0 Å². The maximum Gasteiger partial charge on any atom is 0.0724 e. The lowest BCUT2D eigenvalue weighted by Crippen LogP contribution is -2.64. The second-order valence-electron chi connectivity index (χ2n) is 6.95. The second-order valence-corrected chi connectivity index (χ2v) is 6.95. The number of hydrogen-bond donors (Lipinski definition) is 1. The zero-order chi connectivity index (χ0) is 14.0. The molecular weight excluding hydrogens is 236 g/mol. The molecule has 2 aliphatic rings. The third kappa shape index (κ3) is 2.70. The fourth-order valence-electron chi connectivity index (χ4n) is 4.35. The molecule has 1 heterocycles. The van der Waals surface area contributed by atoms with Gasteiger partial charge in [-0.15, -0.1) is 0 Å². The van der Waals surface area contributed by atoms with Crippen molar-refractivity contribution in [2.24, 2.45) is 23.5 Å². The molecule has 0 amide bonds. The van der Waals surface area contributed by atoms with E-state index in [1.807, 2.05) is 7.11 Å². The normalized spacial score (nSPS) is 45.3. The quantitative estimate of drug-likeness (QED) is 0.854. The number of methoxy groups -OCH3 is 1. The predicted octanol–water partition coefficient (Wildman–Crippen LogP) is 2.50. The molecule has 1 saturated heterocycles. The van der Waals surface area contributed by atoms with Crippen molar-refractivity contribution in [1.82, 2.24) is 4.90 Å². The van der Waals surface area contributed by atoms with Crippen molar-refractivity contribution < 1.29 is 4.74 Å². The molecule has 2 N–H and O–H groups in total. The summed E-state index contributed by atoms with van der Waals surface area (Å²) in [6.07, 6.45) is 5.57. The van der Waals surface area contributed by atoms with Crippen LogP contribution in [-0.2, 0) is 4.74 Å². The van der Waals surface area contributed by atoms with Crippen LogP contribution in [0.4, 0.5) is 0 Å². The molecule has 0 aromatic carbocycles. The lowest BCUT2D eigenvalue weighted by molar-refractivity contribution is -0.0808. The smallest absolute Gasteiger partial charge is 0.0724 e. The van der Waals surface area contributed by atoms with Crippen LogP contribution < -0.4 is 5.73 Å². The summed E-state index contributed by atoms with van der Waals surface area (Å²) >= 11 is 0. The molecule has 2 fully saturated rings. The monoisotopic (exact) mass is 268 g/mol. The van der Waals surface area contributed by atoms with E-state index < -0.39 is 0 Å². The van der Waals surface area contributed by atoms with E-state index in [0.717, 1.165) is 19.0 Å². The molecule has 0 aromatic rings. The number of hydrogen-bond acceptors (Lipinski definition) is 3. The molecule has 1 aliphatic heterocycles. The van der Waals surface area contributed by atoms with Crippen LogP contribution in [0.25, 0.3) is 0 Å². The minimum atomic E-state index is 0.217. The summed E-state index contributed by atoms with van der Waals surface area (Å²) in [4.78, 5) is 2.67. The van der Waals surface area contributed by atoms with Crippen molar-refractivity contribution in [3.05, 3.63) is 0 Å². The molecule has 112 valence electrons. The average molecular weight is 268 g/mol. The van der Waals surface area contributed by atoms with Crippen molar-refractivity contribution >= 4 is 0 Å². The molecule has 5 unspecified atom stereocenters. The highest BCUT2D eigenvalue weighted by atomic mass is 16.5. The van der Waals surface area contributed by atoms with Crippen molar-refractivity contribution in [3.8, 4) is 0 Å². The first-order valence-corrected chi connectivity index (χ1v) is 8.03. The molecular formula is C16H32N2O. The Hall–Kier alpha value is -0.120. The second kappa shape index (κ2) is 6.11. The molecule has 0 radical (unpaired) electrons. The standard InChI is InChI=1S/C16H32N2O/c1-12-6-5-8-16(11-17,14(12)3)18-9-7-13(2)15(10-18)19-4/h12-15H,5-11,17H2,1-4H3. The minimum Gasteiger partial charge on any atom is -0.380 e. The van der Waals surface area contributed by atoms with Gasteiger partial charge in [0.15, 0.2) is 0 Å². The zero-order valence-electron chi connectivity index (χ0n) is 13.2.